The average molecular weight is 467 g/mol. The largest absolute Gasteiger partial charge is 0.507 e. The summed E-state index contributed by atoms with van der Waals surface area (Å²) in [5, 5.41) is 11.3. The van der Waals surface area contributed by atoms with Crippen LogP contribution in [0.4, 0.5) is 5.69 Å². The van der Waals surface area contributed by atoms with Gasteiger partial charge in [-0.2, -0.15) is 0 Å². The number of ether oxygens (including phenoxy) is 3. The van der Waals surface area contributed by atoms with Crippen LogP contribution < -0.4 is 14.4 Å². The Morgan fingerprint density at radius 3 is 2.59 bits per heavy atom. The molecule has 1 atom stereocenters. The summed E-state index contributed by atoms with van der Waals surface area (Å²) in [6, 6.07) is 11.7. The van der Waals surface area contributed by atoms with Gasteiger partial charge in [0.25, 0.3) is 11.7 Å². The molecule has 0 spiro atoms. The molecule has 2 heterocycles. The smallest absolute Gasteiger partial charge is 0.295 e. The Hall–Kier alpha value is -3.52. The molecular weight excluding hydrogens is 436 g/mol. The molecule has 2 aromatic carbocycles. The molecule has 0 aliphatic carbocycles. The van der Waals surface area contributed by atoms with Gasteiger partial charge in [-0.1, -0.05) is 12.1 Å². The molecule has 180 valence electrons. The van der Waals surface area contributed by atoms with E-state index >= 15 is 0 Å². The number of ketones is 1. The van der Waals surface area contributed by atoms with Crippen LogP contribution in [0.3, 0.4) is 0 Å². The molecule has 1 saturated heterocycles. The van der Waals surface area contributed by atoms with Crippen molar-refractivity contribution >= 4 is 23.1 Å². The summed E-state index contributed by atoms with van der Waals surface area (Å²) in [5.41, 5.74) is 2.02. The number of amides is 1. The molecule has 0 bridgehead atoms. The Labute approximate surface area is 199 Å². The maximum absolute atomic E-state index is 13.1. The lowest BCUT2D eigenvalue weighted by atomic mass is 9.95. The number of aliphatic hydroxyl groups is 1. The van der Waals surface area contributed by atoms with Crippen molar-refractivity contribution in [2.24, 2.45) is 0 Å². The molecule has 2 aliphatic heterocycles. The molecule has 1 unspecified atom stereocenters. The van der Waals surface area contributed by atoms with Gasteiger partial charge in [-0.25, -0.2) is 0 Å². The molecule has 0 saturated carbocycles. The third-order valence-corrected chi connectivity index (χ3v) is 5.97. The van der Waals surface area contributed by atoms with Crippen molar-refractivity contribution < 1.29 is 28.9 Å². The first-order valence-electron chi connectivity index (χ1n) is 11.3. The molecule has 1 N–H and O–H groups in total. The lowest BCUT2D eigenvalue weighted by molar-refractivity contribution is -0.140. The number of anilines is 1. The fourth-order valence-corrected chi connectivity index (χ4v) is 4.30. The molecule has 0 radical (unpaired) electrons. The van der Waals surface area contributed by atoms with E-state index in [2.05, 4.69) is 0 Å². The van der Waals surface area contributed by atoms with E-state index in [4.69, 9.17) is 14.2 Å². The summed E-state index contributed by atoms with van der Waals surface area (Å²) in [7, 11) is 3.48. The highest BCUT2D eigenvalue weighted by molar-refractivity contribution is 6.46. The van der Waals surface area contributed by atoms with Crippen LogP contribution in [0.15, 0.2) is 48.0 Å². The number of hydrogen-bond acceptors (Lipinski definition) is 7. The van der Waals surface area contributed by atoms with Crippen LogP contribution in [0.2, 0.25) is 0 Å². The Bertz CT molecular complexity index is 1110. The van der Waals surface area contributed by atoms with Crippen molar-refractivity contribution in [2.75, 3.05) is 45.4 Å². The number of carbonyl (C=O) groups excluding carboxylic acids is 2. The van der Waals surface area contributed by atoms with Gasteiger partial charge in [0.2, 0.25) is 0 Å². The number of likely N-dealkylation sites (N-methyl/N-ethyl adjacent to an activating group) is 1. The van der Waals surface area contributed by atoms with Gasteiger partial charge in [-0.3, -0.25) is 9.59 Å². The minimum absolute atomic E-state index is 0.0179. The van der Waals surface area contributed by atoms with Crippen molar-refractivity contribution in [2.45, 2.75) is 26.0 Å². The predicted octanol–water partition coefficient (Wildman–Crippen LogP) is 3.37. The lowest BCUT2D eigenvalue weighted by Gasteiger charge is -2.28. The summed E-state index contributed by atoms with van der Waals surface area (Å²) in [5.74, 6) is -0.200. The lowest BCUT2D eigenvalue weighted by Crippen LogP contribution is -2.32. The zero-order chi connectivity index (χ0) is 24.4. The highest BCUT2D eigenvalue weighted by atomic mass is 16.5. The van der Waals surface area contributed by atoms with E-state index in [1.165, 1.54) is 12.0 Å². The fourth-order valence-electron chi connectivity index (χ4n) is 4.30. The Balaban J connectivity index is 1.79. The molecule has 1 amide bonds. The van der Waals surface area contributed by atoms with E-state index in [9.17, 15) is 14.7 Å². The predicted molar refractivity (Wildman–Crippen MR) is 128 cm³/mol. The van der Waals surface area contributed by atoms with Crippen LogP contribution in [0, 0.1) is 0 Å². The first-order chi connectivity index (χ1) is 16.3. The maximum Gasteiger partial charge on any atom is 0.295 e. The SMILES string of the molecule is COCCN1C(=O)C(=O)/C(=C(\O)c2ccc3c(c2)N(C)CCO3)C1c1ccc(OC(C)C)cc1. The number of methoxy groups -OCH3 is 1. The third-order valence-electron chi connectivity index (χ3n) is 5.97. The number of benzene rings is 2. The zero-order valence-corrected chi connectivity index (χ0v) is 19.9. The molecular formula is C26H30N2O6. The maximum atomic E-state index is 13.1. The molecule has 2 aromatic rings. The molecule has 2 aliphatic rings. The first-order valence-corrected chi connectivity index (χ1v) is 11.3. The molecule has 8 heteroatoms. The van der Waals surface area contributed by atoms with Crippen LogP contribution in [0.25, 0.3) is 5.76 Å². The average Bonchev–Trinajstić information content (AvgIpc) is 3.07. The van der Waals surface area contributed by atoms with Crippen LogP contribution in [0.5, 0.6) is 11.5 Å². The summed E-state index contributed by atoms with van der Waals surface area (Å²) >= 11 is 0. The number of Topliss-reactive ketones (excluding diaryl/α,β-unsaturated/α-hetero) is 1. The van der Waals surface area contributed by atoms with Gasteiger partial charge < -0.3 is 29.1 Å². The van der Waals surface area contributed by atoms with E-state index in [0.717, 1.165) is 5.69 Å². The number of fused-ring (bicyclic) bond motifs is 1. The van der Waals surface area contributed by atoms with Crippen LogP contribution in [-0.2, 0) is 14.3 Å². The molecule has 34 heavy (non-hydrogen) atoms. The van der Waals surface area contributed by atoms with Gasteiger partial charge >= 0.3 is 0 Å². The second-order valence-electron chi connectivity index (χ2n) is 8.67. The van der Waals surface area contributed by atoms with Gasteiger partial charge in [0, 0.05) is 26.3 Å². The Morgan fingerprint density at radius 1 is 1.18 bits per heavy atom. The van der Waals surface area contributed by atoms with Crippen LogP contribution in [-0.4, -0.2) is 68.3 Å². The molecule has 0 aromatic heterocycles. The fraction of sp³-hybridized carbons (Fsp3) is 0.385. The number of likely N-dealkylation sites (tertiary alicyclic amines) is 1. The van der Waals surface area contributed by atoms with E-state index in [-0.39, 0.29) is 30.6 Å². The van der Waals surface area contributed by atoms with E-state index < -0.39 is 17.7 Å². The number of hydrogen-bond donors (Lipinski definition) is 1. The number of rotatable bonds is 7. The van der Waals surface area contributed by atoms with E-state index in [0.29, 0.717) is 35.8 Å². The van der Waals surface area contributed by atoms with Gasteiger partial charge in [0.15, 0.2) is 0 Å². The summed E-state index contributed by atoms with van der Waals surface area (Å²) in [4.78, 5) is 29.6. The second-order valence-corrected chi connectivity index (χ2v) is 8.67. The summed E-state index contributed by atoms with van der Waals surface area (Å²) < 4.78 is 16.6. The van der Waals surface area contributed by atoms with Gasteiger partial charge in [0.05, 0.1) is 36.6 Å². The monoisotopic (exact) mass is 466 g/mol. The summed E-state index contributed by atoms with van der Waals surface area (Å²) in [6.07, 6.45) is 0.0179. The highest BCUT2D eigenvalue weighted by Crippen LogP contribution is 2.41. The number of carbonyl (C=O) groups is 2. The van der Waals surface area contributed by atoms with Crippen LogP contribution >= 0.6 is 0 Å². The highest BCUT2D eigenvalue weighted by Gasteiger charge is 2.46. The Kier molecular flexibility index (Phi) is 6.79. The third kappa shape index (κ3) is 4.46. The van der Waals surface area contributed by atoms with Gasteiger partial charge in [-0.15, -0.1) is 0 Å². The quantitative estimate of drug-likeness (QED) is 0.380. The number of nitrogens with zero attached hydrogens (tertiary/aromatic N) is 2. The molecule has 8 nitrogen and oxygen atoms in total. The number of aliphatic hydroxyl groups excluding tert-OH is 1. The van der Waals surface area contributed by atoms with Crippen molar-refractivity contribution in [1.29, 1.82) is 0 Å². The topological polar surface area (TPSA) is 88.5 Å². The molecule has 1 fully saturated rings. The Morgan fingerprint density at radius 2 is 1.91 bits per heavy atom. The van der Waals surface area contributed by atoms with Crippen molar-refractivity contribution in [3.63, 3.8) is 0 Å². The first kappa shape index (κ1) is 23.6. The molecule has 4 rings (SSSR count). The summed E-state index contributed by atoms with van der Waals surface area (Å²) in [6.45, 7) is 5.65. The van der Waals surface area contributed by atoms with Gasteiger partial charge in [0.1, 0.15) is 23.9 Å². The van der Waals surface area contributed by atoms with Crippen molar-refractivity contribution in [3.8, 4) is 11.5 Å². The standard InChI is InChI=1S/C26H30N2O6/c1-16(2)34-19-8-5-17(6-9-19)23-22(25(30)26(31)28(23)12-13-32-4)24(29)18-7-10-21-20(15-18)27(3)11-14-33-21/h5-10,15-16,23,29H,11-14H2,1-4H3/b24-22-. The van der Waals surface area contributed by atoms with Gasteiger partial charge in [-0.05, 0) is 49.7 Å². The van der Waals surface area contributed by atoms with Crippen molar-refractivity contribution in [1.82, 2.24) is 4.90 Å². The normalized spacial score (nSPS) is 19.4. The van der Waals surface area contributed by atoms with Crippen molar-refractivity contribution in [3.05, 3.63) is 59.2 Å². The van der Waals surface area contributed by atoms with E-state index in [1.807, 2.05) is 37.9 Å². The van der Waals surface area contributed by atoms with Crippen LogP contribution in [0.1, 0.15) is 31.0 Å². The zero-order valence-electron chi connectivity index (χ0n) is 19.9. The van der Waals surface area contributed by atoms with E-state index in [1.54, 1.807) is 30.3 Å². The minimum atomic E-state index is -0.742. The second kappa shape index (κ2) is 9.77. The minimum Gasteiger partial charge on any atom is -0.507 e.